The zero-order valence-corrected chi connectivity index (χ0v) is 9.14. The number of hydrogen-bond acceptors (Lipinski definition) is 1. The predicted molar refractivity (Wildman–Crippen MR) is 58.8 cm³/mol. The van der Waals surface area contributed by atoms with Gasteiger partial charge in [0.05, 0.1) is 6.61 Å². The minimum atomic E-state index is 0.0376. The van der Waals surface area contributed by atoms with Crippen LogP contribution in [0, 0.1) is 0 Å². The molecule has 0 saturated heterocycles. The van der Waals surface area contributed by atoms with Crippen molar-refractivity contribution in [2.75, 3.05) is 6.61 Å². The van der Waals surface area contributed by atoms with Gasteiger partial charge in [-0.15, -0.1) is 0 Å². The molecule has 1 aliphatic carbocycles. The largest absolute Gasteiger partial charge is 0.395 e. The van der Waals surface area contributed by atoms with Crippen LogP contribution >= 0.6 is 11.6 Å². The number of aryl methyl sites for hydroxylation is 1. The number of aliphatic hydroxyl groups is 1. The maximum absolute atomic E-state index is 9.28. The summed E-state index contributed by atoms with van der Waals surface area (Å²) in [7, 11) is 0. The zero-order chi connectivity index (χ0) is 10.2. The molecule has 1 fully saturated rings. The van der Waals surface area contributed by atoms with E-state index in [9.17, 15) is 5.11 Å². The molecule has 2 rings (SSSR count). The first-order chi connectivity index (χ1) is 6.72. The van der Waals surface area contributed by atoms with Gasteiger partial charge in [-0.2, -0.15) is 0 Å². The van der Waals surface area contributed by atoms with E-state index < -0.39 is 0 Å². The number of aliphatic hydroxyl groups excluding tert-OH is 1. The van der Waals surface area contributed by atoms with Gasteiger partial charge in [-0.05, 0) is 36.5 Å². The monoisotopic (exact) mass is 210 g/mol. The minimum Gasteiger partial charge on any atom is -0.395 e. The zero-order valence-electron chi connectivity index (χ0n) is 8.39. The van der Waals surface area contributed by atoms with Crippen molar-refractivity contribution in [2.45, 2.75) is 31.6 Å². The topological polar surface area (TPSA) is 20.2 Å². The molecule has 0 atom stereocenters. The molecule has 14 heavy (non-hydrogen) atoms. The number of rotatable bonds is 3. The summed E-state index contributed by atoms with van der Waals surface area (Å²) in [6, 6.07) is 6.20. The molecular weight excluding hydrogens is 196 g/mol. The second-order valence-corrected chi connectivity index (χ2v) is 4.51. The summed E-state index contributed by atoms with van der Waals surface area (Å²) in [6.07, 6.45) is 3.14. The second-order valence-electron chi connectivity index (χ2n) is 4.10. The smallest absolute Gasteiger partial charge is 0.0527 e. The molecule has 0 heterocycles. The van der Waals surface area contributed by atoms with Gasteiger partial charge in [-0.1, -0.05) is 30.7 Å². The molecule has 1 saturated carbocycles. The molecule has 76 valence electrons. The summed E-state index contributed by atoms with van der Waals surface area (Å²) < 4.78 is 0. The Balaban J connectivity index is 2.33. The van der Waals surface area contributed by atoms with Crippen LogP contribution in [0.25, 0.3) is 0 Å². The van der Waals surface area contributed by atoms with Gasteiger partial charge in [-0.25, -0.2) is 0 Å². The van der Waals surface area contributed by atoms with E-state index in [2.05, 4.69) is 19.1 Å². The maximum atomic E-state index is 9.28. The summed E-state index contributed by atoms with van der Waals surface area (Å²) in [6.45, 7) is 2.34. The van der Waals surface area contributed by atoms with E-state index in [-0.39, 0.29) is 12.0 Å². The van der Waals surface area contributed by atoms with Gasteiger partial charge < -0.3 is 5.11 Å². The lowest BCUT2D eigenvalue weighted by Gasteiger charge is -2.13. The van der Waals surface area contributed by atoms with Crippen molar-refractivity contribution in [3.63, 3.8) is 0 Å². The lowest BCUT2D eigenvalue weighted by Crippen LogP contribution is -2.11. The summed E-state index contributed by atoms with van der Waals surface area (Å²) in [4.78, 5) is 0. The third kappa shape index (κ3) is 1.55. The fraction of sp³-hybridized carbons (Fsp3) is 0.500. The highest BCUT2D eigenvalue weighted by Gasteiger charge is 2.43. The Kier molecular flexibility index (Phi) is 2.54. The van der Waals surface area contributed by atoms with Crippen LogP contribution in [0.1, 0.15) is 30.9 Å². The van der Waals surface area contributed by atoms with E-state index in [4.69, 9.17) is 11.6 Å². The van der Waals surface area contributed by atoms with Gasteiger partial charge in [0, 0.05) is 10.4 Å². The van der Waals surface area contributed by atoms with E-state index in [1.165, 1.54) is 11.1 Å². The molecule has 0 aliphatic heterocycles. The minimum absolute atomic E-state index is 0.0376. The van der Waals surface area contributed by atoms with Crippen LogP contribution in [0.4, 0.5) is 0 Å². The van der Waals surface area contributed by atoms with E-state index in [0.29, 0.717) is 0 Å². The molecule has 1 nitrogen and oxygen atoms in total. The fourth-order valence-corrected chi connectivity index (χ4v) is 2.17. The molecule has 1 aromatic rings. The van der Waals surface area contributed by atoms with Crippen molar-refractivity contribution in [1.82, 2.24) is 0 Å². The lowest BCUT2D eigenvalue weighted by molar-refractivity contribution is 0.255. The molecule has 0 bridgehead atoms. The summed E-state index contributed by atoms with van der Waals surface area (Å²) in [5, 5.41) is 10.1. The molecule has 0 radical (unpaired) electrons. The normalized spacial score (nSPS) is 18.2. The lowest BCUT2D eigenvalue weighted by atomic mass is 9.95. The van der Waals surface area contributed by atoms with Crippen molar-refractivity contribution in [2.24, 2.45) is 0 Å². The average Bonchev–Trinajstić information content (AvgIpc) is 2.98. The second kappa shape index (κ2) is 3.56. The first kappa shape index (κ1) is 10.0. The standard InChI is InChI=1S/C12H15ClO/c1-2-9-3-4-10(7-11(9)13)12(8-14)5-6-12/h3-4,7,14H,2,5-6,8H2,1H3. The van der Waals surface area contributed by atoms with Crippen molar-refractivity contribution < 1.29 is 5.11 Å². The van der Waals surface area contributed by atoms with Crippen LogP contribution in [0.5, 0.6) is 0 Å². The average molecular weight is 211 g/mol. The highest BCUT2D eigenvalue weighted by atomic mass is 35.5. The van der Waals surface area contributed by atoms with Crippen LogP contribution in [0.3, 0.4) is 0 Å². The summed E-state index contributed by atoms with van der Waals surface area (Å²) in [5.74, 6) is 0. The molecule has 0 spiro atoms. The van der Waals surface area contributed by atoms with E-state index in [0.717, 1.165) is 24.3 Å². The van der Waals surface area contributed by atoms with Gasteiger partial charge in [0.1, 0.15) is 0 Å². The van der Waals surface area contributed by atoms with Gasteiger partial charge in [0.25, 0.3) is 0 Å². The van der Waals surface area contributed by atoms with Crippen molar-refractivity contribution in [1.29, 1.82) is 0 Å². The van der Waals surface area contributed by atoms with Crippen molar-refractivity contribution in [3.8, 4) is 0 Å². The Hall–Kier alpha value is -0.530. The molecule has 2 heteroatoms. The molecule has 1 aromatic carbocycles. The quantitative estimate of drug-likeness (QED) is 0.814. The number of benzene rings is 1. The Morgan fingerprint density at radius 3 is 2.57 bits per heavy atom. The maximum Gasteiger partial charge on any atom is 0.0527 e. The van der Waals surface area contributed by atoms with Crippen LogP contribution in [0.2, 0.25) is 5.02 Å². The molecule has 1 N–H and O–H groups in total. The first-order valence-corrected chi connectivity index (χ1v) is 5.49. The predicted octanol–water partition coefficient (Wildman–Crippen LogP) is 2.93. The number of hydrogen-bond donors (Lipinski definition) is 1. The van der Waals surface area contributed by atoms with Crippen LogP contribution in [0.15, 0.2) is 18.2 Å². The molecule has 0 unspecified atom stereocenters. The van der Waals surface area contributed by atoms with Crippen LogP contribution < -0.4 is 0 Å². The van der Waals surface area contributed by atoms with Crippen LogP contribution in [-0.2, 0) is 11.8 Å². The first-order valence-electron chi connectivity index (χ1n) is 5.11. The van der Waals surface area contributed by atoms with Crippen molar-refractivity contribution in [3.05, 3.63) is 34.3 Å². The molecular formula is C12H15ClO. The summed E-state index contributed by atoms with van der Waals surface area (Å²) >= 11 is 6.14. The van der Waals surface area contributed by atoms with Gasteiger partial charge >= 0.3 is 0 Å². The molecule has 0 amide bonds. The molecule has 1 aliphatic rings. The Bertz CT molecular complexity index is 342. The van der Waals surface area contributed by atoms with Gasteiger partial charge in [0.2, 0.25) is 0 Å². The third-order valence-electron chi connectivity index (χ3n) is 3.20. The van der Waals surface area contributed by atoms with E-state index in [1.807, 2.05) is 6.07 Å². The molecule has 0 aromatic heterocycles. The fourth-order valence-electron chi connectivity index (χ4n) is 1.85. The number of halogens is 1. The Morgan fingerprint density at radius 2 is 2.14 bits per heavy atom. The summed E-state index contributed by atoms with van der Waals surface area (Å²) in [5.41, 5.74) is 2.42. The van der Waals surface area contributed by atoms with Crippen molar-refractivity contribution >= 4 is 11.6 Å². The van der Waals surface area contributed by atoms with E-state index in [1.54, 1.807) is 0 Å². The highest BCUT2D eigenvalue weighted by Crippen LogP contribution is 2.48. The Labute approximate surface area is 89.7 Å². The van der Waals surface area contributed by atoms with Gasteiger partial charge in [0.15, 0.2) is 0 Å². The third-order valence-corrected chi connectivity index (χ3v) is 3.55. The van der Waals surface area contributed by atoms with Gasteiger partial charge in [-0.3, -0.25) is 0 Å². The van der Waals surface area contributed by atoms with Crippen LogP contribution in [-0.4, -0.2) is 11.7 Å². The Morgan fingerprint density at radius 1 is 1.43 bits per heavy atom. The highest BCUT2D eigenvalue weighted by molar-refractivity contribution is 6.31. The SMILES string of the molecule is CCc1ccc(C2(CO)CC2)cc1Cl. The van der Waals surface area contributed by atoms with E-state index >= 15 is 0 Å².